The van der Waals surface area contributed by atoms with Crippen molar-refractivity contribution in [3.8, 4) is 0 Å². The Morgan fingerprint density at radius 2 is 1.67 bits per heavy atom. The van der Waals surface area contributed by atoms with Gasteiger partial charge in [-0.05, 0) is 61.6 Å². The molecule has 1 amide bonds. The first kappa shape index (κ1) is 28.5. The SMILES string of the molecule is CC(C)C(CS(=O)(=O)C(C)C)N1C(=O)[C@@H](CC(=O)O)C[C@H](c2cccc(Cl)c2)[C@H]1c1ccc(Cl)cc1. The smallest absolute Gasteiger partial charge is 0.304 e. The number of aliphatic carboxylic acids is 1. The molecule has 0 aliphatic carbocycles. The summed E-state index contributed by atoms with van der Waals surface area (Å²) in [7, 11) is -3.51. The van der Waals surface area contributed by atoms with Crippen LogP contribution in [-0.4, -0.2) is 47.3 Å². The fraction of sp³-hybridized carbons (Fsp3) is 0.481. The molecule has 4 atom stereocenters. The van der Waals surface area contributed by atoms with E-state index in [1.807, 2.05) is 44.2 Å². The van der Waals surface area contributed by atoms with Crippen LogP contribution in [0.5, 0.6) is 0 Å². The molecule has 196 valence electrons. The van der Waals surface area contributed by atoms with Gasteiger partial charge in [-0.25, -0.2) is 8.42 Å². The molecular weight excluding hydrogens is 521 g/mol. The minimum atomic E-state index is -3.51. The molecule has 3 rings (SSSR count). The van der Waals surface area contributed by atoms with Gasteiger partial charge in [0.25, 0.3) is 0 Å². The van der Waals surface area contributed by atoms with Crippen molar-refractivity contribution in [3.63, 3.8) is 0 Å². The molecule has 1 fully saturated rings. The van der Waals surface area contributed by atoms with Crippen LogP contribution in [0, 0.1) is 11.8 Å². The minimum absolute atomic E-state index is 0.194. The van der Waals surface area contributed by atoms with Gasteiger partial charge in [-0.15, -0.1) is 0 Å². The quantitative estimate of drug-likeness (QED) is 0.411. The van der Waals surface area contributed by atoms with E-state index in [1.54, 1.807) is 36.9 Å². The summed E-state index contributed by atoms with van der Waals surface area (Å²) in [6.07, 6.45) is -0.0293. The number of carbonyl (C=O) groups is 2. The first-order valence-corrected chi connectivity index (χ1v) is 14.6. The minimum Gasteiger partial charge on any atom is -0.481 e. The van der Waals surface area contributed by atoms with Crippen LogP contribution in [0.2, 0.25) is 10.0 Å². The van der Waals surface area contributed by atoms with Crippen LogP contribution in [0.4, 0.5) is 0 Å². The summed E-state index contributed by atoms with van der Waals surface area (Å²) in [5, 5.41) is 10.1. The number of carboxylic acids is 1. The first-order valence-electron chi connectivity index (χ1n) is 12.1. The van der Waals surface area contributed by atoms with Gasteiger partial charge in [-0.2, -0.15) is 0 Å². The Labute approximate surface area is 223 Å². The molecule has 6 nitrogen and oxygen atoms in total. The third-order valence-corrected chi connectivity index (χ3v) is 9.71. The first-order chi connectivity index (χ1) is 16.8. The molecule has 9 heteroatoms. The number of halogens is 2. The number of piperidine rings is 1. The number of sulfone groups is 1. The largest absolute Gasteiger partial charge is 0.481 e. The molecule has 0 radical (unpaired) electrons. The van der Waals surface area contributed by atoms with Crippen LogP contribution in [-0.2, 0) is 19.4 Å². The van der Waals surface area contributed by atoms with E-state index in [4.69, 9.17) is 23.2 Å². The zero-order valence-corrected chi connectivity index (χ0v) is 23.2. The normalized spacial score (nSPS) is 21.7. The van der Waals surface area contributed by atoms with E-state index in [9.17, 15) is 23.1 Å². The number of amides is 1. The maximum Gasteiger partial charge on any atom is 0.304 e. The van der Waals surface area contributed by atoms with Crippen molar-refractivity contribution in [2.75, 3.05) is 5.75 Å². The predicted octanol–water partition coefficient (Wildman–Crippen LogP) is 5.99. The number of hydrogen-bond donors (Lipinski definition) is 1. The monoisotopic (exact) mass is 553 g/mol. The average molecular weight is 555 g/mol. The maximum absolute atomic E-state index is 14.0. The zero-order chi connectivity index (χ0) is 26.8. The molecule has 1 aliphatic heterocycles. The molecule has 2 aromatic carbocycles. The summed E-state index contributed by atoms with van der Waals surface area (Å²) in [5.41, 5.74) is 1.67. The van der Waals surface area contributed by atoms with Crippen molar-refractivity contribution < 1.29 is 23.1 Å². The third kappa shape index (κ3) is 6.42. The van der Waals surface area contributed by atoms with Crippen molar-refractivity contribution >= 4 is 44.9 Å². The highest BCUT2D eigenvalue weighted by atomic mass is 35.5. The number of carbonyl (C=O) groups excluding carboxylic acids is 1. The van der Waals surface area contributed by atoms with Crippen LogP contribution >= 0.6 is 23.2 Å². The number of likely N-dealkylation sites (tertiary alicyclic amines) is 1. The lowest BCUT2D eigenvalue weighted by molar-refractivity contribution is -0.152. The molecular formula is C27H33Cl2NO5S. The van der Waals surface area contributed by atoms with Crippen LogP contribution in [0.25, 0.3) is 0 Å². The second-order valence-electron chi connectivity index (χ2n) is 10.1. The number of hydrogen-bond acceptors (Lipinski definition) is 4. The van der Waals surface area contributed by atoms with E-state index in [-0.39, 0.29) is 29.9 Å². The Kier molecular flexibility index (Phi) is 9.12. The van der Waals surface area contributed by atoms with Gasteiger partial charge < -0.3 is 10.0 Å². The van der Waals surface area contributed by atoms with Crippen LogP contribution in [0.3, 0.4) is 0 Å². The lowest BCUT2D eigenvalue weighted by atomic mass is 9.74. The molecule has 36 heavy (non-hydrogen) atoms. The standard InChI is InChI=1S/C27H33Cl2NO5S/c1-16(2)24(15-36(34,35)17(3)4)30-26(18-8-10-21(28)11-9-18)23(19-6-5-7-22(29)12-19)13-20(27(30)33)14-25(31)32/h5-12,16-17,20,23-24,26H,13-15H2,1-4H3,(H,31,32)/t20-,23-,24?,26-/m1/s1. The summed E-state index contributed by atoms with van der Waals surface area (Å²) < 4.78 is 26.1. The lowest BCUT2D eigenvalue weighted by Gasteiger charge is -2.49. The van der Waals surface area contributed by atoms with Crippen molar-refractivity contribution in [1.82, 2.24) is 4.90 Å². The fourth-order valence-corrected chi connectivity index (χ4v) is 6.69. The van der Waals surface area contributed by atoms with E-state index in [1.165, 1.54) is 0 Å². The van der Waals surface area contributed by atoms with E-state index < -0.39 is 39.1 Å². The zero-order valence-electron chi connectivity index (χ0n) is 20.9. The van der Waals surface area contributed by atoms with Gasteiger partial charge in [0, 0.05) is 27.9 Å². The highest BCUT2D eigenvalue weighted by Crippen LogP contribution is 2.48. The molecule has 1 N–H and O–H groups in total. The fourth-order valence-electron chi connectivity index (χ4n) is 4.96. The molecule has 2 aromatic rings. The maximum atomic E-state index is 14.0. The average Bonchev–Trinajstić information content (AvgIpc) is 2.79. The van der Waals surface area contributed by atoms with Crippen molar-refractivity contribution in [3.05, 3.63) is 69.7 Å². The van der Waals surface area contributed by atoms with Crippen molar-refractivity contribution in [2.45, 2.75) is 63.8 Å². The molecule has 0 spiro atoms. The van der Waals surface area contributed by atoms with E-state index >= 15 is 0 Å². The molecule has 1 aliphatic rings. The Balaban J connectivity index is 2.25. The Bertz CT molecular complexity index is 1200. The van der Waals surface area contributed by atoms with Gasteiger partial charge in [-0.3, -0.25) is 9.59 Å². The molecule has 1 saturated heterocycles. The van der Waals surface area contributed by atoms with Crippen LogP contribution in [0.15, 0.2) is 48.5 Å². The highest BCUT2D eigenvalue weighted by molar-refractivity contribution is 7.92. The number of nitrogens with zero attached hydrogens (tertiary/aromatic N) is 1. The number of rotatable bonds is 9. The second-order valence-corrected chi connectivity index (χ2v) is 13.6. The van der Waals surface area contributed by atoms with Gasteiger partial charge in [0.15, 0.2) is 9.84 Å². The molecule has 1 unspecified atom stereocenters. The predicted molar refractivity (Wildman–Crippen MR) is 143 cm³/mol. The van der Waals surface area contributed by atoms with Crippen LogP contribution in [0.1, 0.15) is 63.6 Å². The Hall–Kier alpha value is -2.09. The van der Waals surface area contributed by atoms with Gasteiger partial charge in [-0.1, -0.05) is 61.3 Å². The summed E-state index contributed by atoms with van der Waals surface area (Å²) in [6.45, 7) is 7.04. The Morgan fingerprint density at radius 3 is 2.19 bits per heavy atom. The van der Waals surface area contributed by atoms with Gasteiger partial charge >= 0.3 is 5.97 Å². The summed E-state index contributed by atoms with van der Waals surface area (Å²) >= 11 is 12.5. The number of benzene rings is 2. The summed E-state index contributed by atoms with van der Waals surface area (Å²) in [4.78, 5) is 27.3. The molecule has 0 bridgehead atoms. The van der Waals surface area contributed by atoms with Gasteiger partial charge in [0.1, 0.15) is 0 Å². The van der Waals surface area contributed by atoms with E-state index in [2.05, 4.69) is 0 Å². The van der Waals surface area contributed by atoms with Gasteiger partial charge in [0.05, 0.1) is 23.5 Å². The molecule has 1 heterocycles. The van der Waals surface area contributed by atoms with E-state index in [0.717, 1.165) is 11.1 Å². The third-order valence-electron chi connectivity index (χ3n) is 6.98. The Morgan fingerprint density at radius 1 is 1.03 bits per heavy atom. The van der Waals surface area contributed by atoms with Crippen molar-refractivity contribution in [2.24, 2.45) is 11.8 Å². The van der Waals surface area contributed by atoms with Crippen molar-refractivity contribution in [1.29, 1.82) is 0 Å². The lowest BCUT2D eigenvalue weighted by Crippen LogP contribution is -2.56. The summed E-state index contributed by atoms with van der Waals surface area (Å²) in [5.74, 6) is -2.90. The van der Waals surface area contributed by atoms with Crippen LogP contribution < -0.4 is 0 Å². The molecule has 0 aromatic heterocycles. The topological polar surface area (TPSA) is 91.8 Å². The van der Waals surface area contributed by atoms with E-state index in [0.29, 0.717) is 16.5 Å². The number of carboxylic acid groups (broad SMARTS) is 1. The molecule has 0 saturated carbocycles. The second kappa shape index (κ2) is 11.5. The summed E-state index contributed by atoms with van der Waals surface area (Å²) in [6, 6.07) is 13.3. The van der Waals surface area contributed by atoms with Gasteiger partial charge in [0.2, 0.25) is 5.91 Å². The highest BCUT2D eigenvalue weighted by Gasteiger charge is 2.48.